The summed E-state index contributed by atoms with van der Waals surface area (Å²) in [6.07, 6.45) is 1.03. The molecule has 1 heterocycles. The zero-order valence-corrected chi connectivity index (χ0v) is 7.15. The Bertz CT molecular complexity index is 307. The van der Waals surface area contributed by atoms with Crippen LogP contribution in [0.2, 0.25) is 0 Å². The summed E-state index contributed by atoms with van der Waals surface area (Å²) in [5.41, 5.74) is 3.54. The van der Waals surface area contributed by atoms with Gasteiger partial charge >= 0.3 is 0 Å². The molecule has 12 heavy (non-hydrogen) atoms. The fourth-order valence-electron chi connectivity index (χ4n) is 1.79. The highest BCUT2D eigenvalue weighted by atomic mass is 19.1. The van der Waals surface area contributed by atoms with Crippen molar-refractivity contribution in [1.29, 1.82) is 0 Å². The van der Waals surface area contributed by atoms with Crippen molar-refractivity contribution >= 4 is 0 Å². The molecule has 0 aromatic heterocycles. The van der Waals surface area contributed by atoms with Crippen LogP contribution in [0.15, 0.2) is 12.1 Å². The molecule has 0 amide bonds. The fraction of sp³-hybridized carbons (Fsp3) is 0.400. The molecule has 1 aromatic carbocycles. The minimum Gasteiger partial charge on any atom is -0.312 e. The maximum atomic E-state index is 12.9. The number of hydrogen-bond acceptors (Lipinski definition) is 1. The van der Waals surface area contributed by atoms with Crippen LogP contribution in [-0.2, 0) is 13.0 Å². The van der Waals surface area contributed by atoms with Gasteiger partial charge in [-0.05, 0) is 48.7 Å². The van der Waals surface area contributed by atoms with E-state index in [0.29, 0.717) is 0 Å². The van der Waals surface area contributed by atoms with E-state index in [0.717, 1.165) is 30.6 Å². The number of hydrogen-bond donors (Lipinski definition) is 1. The summed E-state index contributed by atoms with van der Waals surface area (Å²) < 4.78 is 12.9. The maximum absolute atomic E-state index is 12.9. The molecule has 1 nitrogen and oxygen atoms in total. The Morgan fingerprint density at radius 3 is 3.08 bits per heavy atom. The SMILES string of the molecule is Cc1cc(F)cc2c1CCNC2. The lowest BCUT2D eigenvalue weighted by Gasteiger charge is -2.18. The van der Waals surface area contributed by atoms with E-state index in [1.54, 1.807) is 12.1 Å². The van der Waals surface area contributed by atoms with Crippen molar-refractivity contribution in [2.45, 2.75) is 19.9 Å². The minimum absolute atomic E-state index is 0.116. The van der Waals surface area contributed by atoms with Crippen molar-refractivity contribution in [3.05, 3.63) is 34.6 Å². The lowest BCUT2D eigenvalue weighted by Crippen LogP contribution is -2.24. The monoisotopic (exact) mass is 165 g/mol. The number of halogens is 1. The Kier molecular flexibility index (Phi) is 1.85. The molecule has 64 valence electrons. The van der Waals surface area contributed by atoms with Gasteiger partial charge in [0, 0.05) is 6.54 Å². The summed E-state index contributed by atoms with van der Waals surface area (Å²) in [6, 6.07) is 3.25. The molecule has 1 aliphatic rings. The van der Waals surface area contributed by atoms with Crippen LogP contribution in [0.25, 0.3) is 0 Å². The number of fused-ring (bicyclic) bond motifs is 1. The van der Waals surface area contributed by atoms with Crippen LogP contribution in [0.3, 0.4) is 0 Å². The first-order valence-corrected chi connectivity index (χ1v) is 4.26. The van der Waals surface area contributed by atoms with E-state index in [2.05, 4.69) is 5.32 Å². The molecule has 0 saturated carbocycles. The zero-order valence-electron chi connectivity index (χ0n) is 7.15. The van der Waals surface area contributed by atoms with Crippen LogP contribution in [0.5, 0.6) is 0 Å². The van der Waals surface area contributed by atoms with Crippen LogP contribution in [-0.4, -0.2) is 6.54 Å². The summed E-state index contributed by atoms with van der Waals surface area (Å²) in [7, 11) is 0. The molecule has 0 radical (unpaired) electrons. The number of nitrogens with one attached hydrogen (secondary N) is 1. The molecule has 1 aliphatic heterocycles. The third-order valence-electron chi connectivity index (χ3n) is 2.40. The Balaban J connectivity index is 2.53. The van der Waals surface area contributed by atoms with E-state index >= 15 is 0 Å². The highest BCUT2D eigenvalue weighted by Crippen LogP contribution is 2.19. The summed E-state index contributed by atoms with van der Waals surface area (Å²) in [6.45, 7) is 3.81. The smallest absolute Gasteiger partial charge is 0.123 e. The van der Waals surface area contributed by atoms with Gasteiger partial charge in [-0.2, -0.15) is 0 Å². The van der Waals surface area contributed by atoms with Gasteiger partial charge in [-0.15, -0.1) is 0 Å². The van der Waals surface area contributed by atoms with Crippen molar-refractivity contribution < 1.29 is 4.39 Å². The van der Waals surface area contributed by atoms with Gasteiger partial charge in [0.2, 0.25) is 0 Å². The predicted molar refractivity (Wildman–Crippen MR) is 46.5 cm³/mol. The summed E-state index contributed by atoms with van der Waals surface area (Å²) >= 11 is 0. The predicted octanol–water partition coefficient (Wildman–Crippen LogP) is 1.78. The maximum Gasteiger partial charge on any atom is 0.123 e. The number of aryl methyl sites for hydroxylation is 1. The van der Waals surface area contributed by atoms with Crippen LogP contribution in [0, 0.1) is 12.7 Å². The Morgan fingerprint density at radius 2 is 2.25 bits per heavy atom. The first kappa shape index (κ1) is 7.74. The quantitative estimate of drug-likeness (QED) is 0.618. The summed E-state index contributed by atoms with van der Waals surface area (Å²) in [5.74, 6) is -0.116. The molecule has 0 fully saturated rings. The van der Waals surface area contributed by atoms with Crippen LogP contribution in [0.1, 0.15) is 16.7 Å². The molecule has 0 aliphatic carbocycles. The molecule has 0 atom stereocenters. The molecule has 0 bridgehead atoms. The normalized spacial score (nSPS) is 15.8. The molecule has 0 spiro atoms. The molecule has 1 aromatic rings. The largest absolute Gasteiger partial charge is 0.312 e. The van der Waals surface area contributed by atoms with Crippen molar-refractivity contribution in [3.63, 3.8) is 0 Å². The summed E-state index contributed by atoms with van der Waals surface area (Å²) in [5, 5.41) is 3.23. The van der Waals surface area contributed by atoms with Gasteiger partial charge in [-0.25, -0.2) is 4.39 Å². The van der Waals surface area contributed by atoms with E-state index in [9.17, 15) is 4.39 Å². The highest BCUT2D eigenvalue weighted by Gasteiger charge is 2.11. The standard InChI is InChI=1S/C10H12FN/c1-7-4-9(11)5-8-6-12-3-2-10(7)8/h4-5,12H,2-3,6H2,1H3. The van der Waals surface area contributed by atoms with E-state index in [-0.39, 0.29) is 5.82 Å². The average molecular weight is 165 g/mol. The van der Waals surface area contributed by atoms with Crippen LogP contribution in [0.4, 0.5) is 4.39 Å². The third kappa shape index (κ3) is 1.23. The van der Waals surface area contributed by atoms with Gasteiger partial charge in [0.15, 0.2) is 0 Å². The van der Waals surface area contributed by atoms with E-state index in [1.165, 1.54) is 5.56 Å². The van der Waals surface area contributed by atoms with Crippen molar-refractivity contribution in [3.8, 4) is 0 Å². The van der Waals surface area contributed by atoms with Gasteiger partial charge in [0.05, 0.1) is 0 Å². The van der Waals surface area contributed by atoms with E-state index < -0.39 is 0 Å². The van der Waals surface area contributed by atoms with Crippen molar-refractivity contribution in [2.75, 3.05) is 6.54 Å². The molecular formula is C10H12FN. The van der Waals surface area contributed by atoms with Gasteiger partial charge in [-0.3, -0.25) is 0 Å². The molecule has 1 N–H and O–H groups in total. The van der Waals surface area contributed by atoms with Crippen LogP contribution < -0.4 is 5.32 Å². The Morgan fingerprint density at radius 1 is 1.42 bits per heavy atom. The fourth-order valence-corrected chi connectivity index (χ4v) is 1.79. The highest BCUT2D eigenvalue weighted by molar-refractivity contribution is 5.36. The summed E-state index contributed by atoms with van der Waals surface area (Å²) in [4.78, 5) is 0. The first-order valence-electron chi connectivity index (χ1n) is 4.26. The minimum atomic E-state index is -0.116. The number of benzene rings is 1. The second-order valence-electron chi connectivity index (χ2n) is 3.29. The molecular weight excluding hydrogens is 153 g/mol. The van der Waals surface area contributed by atoms with Gasteiger partial charge in [0.1, 0.15) is 5.82 Å². The van der Waals surface area contributed by atoms with Crippen molar-refractivity contribution in [2.24, 2.45) is 0 Å². The average Bonchev–Trinajstić information content (AvgIpc) is 2.04. The van der Waals surface area contributed by atoms with E-state index in [4.69, 9.17) is 0 Å². The second-order valence-corrected chi connectivity index (χ2v) is 3.29. The Labute approximate surface area is 71.6 Å². The molecule has 2 rings (SSSR count). The zero-order chi connectivity index (χ0) is 8.55. The molecule has 0 saturated heterocycles. The molecule has 2 heteroatoms. The molecule has 0 unspecified atom stereocenters. The van der Waals surface area contributed by atoms with Crippen molar-refractivity contribution in [1.82, 2.24) is 5.32 Å². The van der Waals surface area contributed by atoms with Gasteiger partial charge in [0.25, 0.3) is 0 Å². The number of rotatable bonds is 0. The lowest BCUT2D eigenvalue weighted by atomic mass is 9.96. The third-order valence-corrected chi connectivity index (χ3v) is 2.40. The van der Waals surface area contributed by atoms with Gasteiger partial charge < -0.3 is 5.32 Å². The lowest BCUT2D eigenvalue weighted by molar-refractivity contribution is 0.601. The van der Waals surface area contributed by atoms with Crippen LogP contribution >= 0.6 is 0 Å². The first-order chi connectivity index (χ1) is 5.77. The second kappa shape index (κ2) is 2.87. The topological polar surface area (TPSA) is 12.0 Å². The van der Waals surface area contributed by atoms with Gasteiger partial charge in [-0.1, -0.05) is 0 Å². The van der Waals surface area contributed by atoms with E-state index in [1.807, 2.05) is 6.92 Å². The Hall–Kier alpha value is -0.890.